The van der Waals surface area contributed by atoms with Crippen LogP contribution in [0.25, 0.3) is 11.1 Å². The Bertz CT molecular complexity index is 752. The summed E-state index contributed by atoms with van der Waals surface area (Å²) >= 11 is 0. The van der Waals surface area contributed by atoms with Crippen LogP contribution in [0.2, 0.25) is 0 Å². The minimum atomic E-state index is -4.59. The molecule has 0 spiro atoms. The third-order valence-electron chi connectivity index (χ3n) is 3.47. The van der Waals surface area contributed by atoms with Crippen LogP contribution in [0.4, 0.5) is 18.9 Å². The van der Waals surface area contributed by atoms with E-state index in [1.165, 1.54) is 18.2 Å². The van der Waals surface area contributed by atoms with Crippen LogP contribution in [0, 0.1) is 17.0 Å². The summed E-state index contributed by atoms with van der Waals surface area (Å²) < 4.78 is 39.9. The van der Waals surface area contributed by atoms with Gasteiger partial charge in [0.2, 0.25) is 0 Å². The Morgan fingerprint density at radius 2 is 1.78 bits per heavy atom. The highest BCUT2D eigenvalue weighted by atomic mass is 19.4. The van der Waals surface area contributed by atoms with Gasteiger partial charge in [-0.25, -0.2) is 0 Å². The van der Waals surface area contributed by atoms with Crippen LogP contribution >= 0.6 is 0 Å². The van der Waals surface area contributed by atoms with Crippen molar-refractivity contribution in [2.45, 2.75) is 19.5 Å². The molecule has 4 nitrogen and oxygen atoms in total. The first-order valence-electron chi connectivity index (χ1n) is 6.63. The van der Waals surface area contributed by atoms with E-state index in [0.717, 1.165) is 18.2 Å². The normalized spacial score (nSPS) is 11.3. The minimum Gasteiger partial charge on any atom is -0.303 e. The van der Waals surface area contributed by atoms with Gasteiger partial charge in [0.1, 0.15) is 6.29 Å². The quantitative estimate of drug-likeness (QED) is 0.478. The average molecular weight is 323 g/mol. The molecule has 0 amide bonds. The topological polar surface area (TPSA) is 60.2 Å². The number of carbonyl (C=O) groups is 1. The highest BCUT2D eigenvalue weighted by Gasteiger charge is 2.34. The van der Waals surface area contributed by atoms with Gasteiger partial charge in [-0.2, -0.15) is 13.2 Å². The first kappa shape index (κ1) is 16.7. The Kier molecular flexibility index (Phi) is 4.49. The van der Waals surface area contributed by atoms with Crippen LogP contribution in [0.1, 0.15) is 16.7 Å². The maximum atomic E-state index is 13.3. The molecule has 0 aromatic heterocycles. The van der Waals surface area contributed by atoms with Crippen LogP contribution in [-0.2, 0) is 17.4 Å². The van der Waals surface area contributed by atoms with E-state index in [1.54, 1.807) is 6.92 Å². The molecule has 0 bridgehead atoms. The zero-order chi connectivity index (χ0) is 17.2. The van der Waals surface area contributed by atoms with Crippen molar-refractivity contribution in [2.75, 3.05) is 0 Å². The number of nitro groups is 1. The van der Waals surface area contributed by atoms with Crippen molar-refractivity contribution in [2.24, 2.45) is 0 Å². The Morgan fingerprint density at radius 3 is 2.26 bits per heavy atom. The number of aryl methyl sites for hydroxylation is 1. The van der Waals surface area contributed by atoms with Gasteiger partial charge in [-0.15, -0.1) is 0 Å². The third-order valence-corrected chi connectivity index (χ3v) is 3.47. The summed E-state index contributed by atoms with van der Waals surface area (Å²) in [7, 11) is 0. The van der Waals surface area contributed by atoms with Crippen LogP contribution in [-0.4, -0.2) is 11.2 Å². The second-order valence-corrected chi connectivity index (χ2v) is 5.00. The second-order valence-electron chi connectivity index (χ2n) is 5.00. The highest BCUT2D eigenvalue weighted by Crippen LogP contribution is 2.39. The molecule has 0 atom stereocenters. The predicted molar refractivity (Wildman–Crippen MR) is 78.0 cm³/mol. The van der Waals surface area contributed by atoms with E-state index < -0.39 is 16.7 Å². The number of carbonyl (C=O) groups excluding carboxylic acids is 1. The van der Waals surface area contributed by atoms with E-state index in [0.29, 0.717) is 17.4 Å². The van der Waals surface area contributed by atoms with Crippen molar-refractivity contribution in [1.82, 2.24) is 0 Å². The maximum absolute atomic E-state index is 13.3. The van der Waals surface area contributed by atoms with Gasteiger partial charge in [0.15, 0.2) is 0 Å². The largest absolute Gasteiger partial charge is 0.417 e. The first-order valence-corrected chi connectivity index (χ1v) is 6.63. The monoisotopic (exact) mass is 323 g/mol. The molecule has 0 radical (unpaired) electrons. The van der Waals surface area contributed by atoms with Crippen molar-refractivity contribution in [3.05, 3.63) is 63.2 Å². The fraction of sp³-hybridized carbons (Fsp3) is 0.188. The predicted octanol–water partition coefficient (Wildman–Crippen LogP) is 4.33. The molecule has 23 heavy (non-hydrogen) atoms. The summed E-state index contributed by atoms with van der Waals surface area (Å²) in [6.07, 6.45) is -4.15. The average Bonchev–Trinajstić information content (AvgIpc) is 2.48. The zero-order valence-electron chi connectivity index (χ0n) is 12.1. The van der Waals surface area contributed by atoms with E-state index in [4.69, 9.17) is 0 Å². The lowest BCUT2D eigenvalue weighted by atomic mass is 9.93. The van der Waals surface area contributed by atoms with Crippen molar-refractivity contribution >= 4 is 12.0 Å². The van der Waals surface area contributed by atoms with Gasteiger partial charge in [0.05, 0.1) is 10.5 Å². The molecule has 0 aliphatic heterocycles. The fourth-order valence-corrected chi connectivity index (χ4v) is 2.30. The van der Waals surface area contributed by atoms with E-state index in [9.17, 15) is 28.1 Å². The molecule has 0 saturated carbocycles. The van der Waals surface area contributed by atoms with E-state index in [2.05, 4.69) is 0 Å². The smallest absolute Gasteiger partial charge is 0.303 e. The van der Waals surface area contributed by atoms with Crippen LogP contribution in [0.3, 0.4) is 0 Å². The summed E-state index contributed by atoms with van der Waals surface area (Å²) in [5, 5.41) is 10.6. The summed E-state index contributed by atoms with van der Waals surface area (Å²) in [5.74, 6) is 0. The lowest BCUT2D eigenvalue weighted by Crippen LogP contribution is -2.09. The number of nitro benzene ring substituents is 1. The fourth-order valence-electron chi connectivity index (χ4n) is 2.30. The Balaban J connectivity index is 2.62. The van der Waals surface area contributed by atoms with Crippen molar-refractivity contribution < 1.29 is 22.9 Å². The Labute approximate surface area is 129 Å². The molecule has 0 heterocycles. The molecule has 0 N–H and O–H groups in total. The molecular weight excluding hydrogens is 311 g/mol. The molecule has 7 heteroatoms. The molecule has 0 aliphatic rings. The molecule has 2 aromatic rings. The third kappa shape index (κ3) is 3.56. The molecule has 0 fully saturated rings. The van der Waals surface area contributed by atoms with E-state index in [1.807, 2.05) is 0 Å². The number of rotatable bonds is 4. The zero-order valence-corrected chi connectivity index (χ0v) is 12.1. The number of non-ortho nitro benzene ring substituents is 1. The van der Waals surface area contributed by atoms with Gasteiger partial charge >= 0.3 is 6.18 Å². The van der Waals surface area contributed by atoms with Gasteiger partial charge in [0.25, 0.3) is 5.69 Å². The van der Waals surface area contributed by atoms with Gasteiger partial charge in [-0.1, -0.05) is 6.07 Å². The van der Waals surface area contributed by atoms with Gasteiger partial charge < -0.3 is 4.79 Å². The highest BCUT2D eigenvalue weighted by molar-refractivity contribution is 5.71. The molecule has 0 aliphatic carbocycles. The Hall–Kier alpha value is -2.70. The van der Waals surface area contributed by atoms with E-state index >= 15 is 0 Å². The number of hydrogen-bond donors (Lipinski definition) is 0. The second kappa shape index (κ2) is 6.20. The molecule has 2 rings (SSSR count). The van der Waals surface area contributed by atoms with Crippen molar-refractivity contribution in [1.29, 1.82) is 0 Å². The van der Waals surface area contributed by atoms with E-state index in [-0.39, 0.29) is 23.2 Å². The lowest BCUT2D eigenvalue weighted by molar-refractivity contribution is -0.384. The minimum absolute atomic E-state index is 0.0699. The number of nitrogens with zero attached hydrogens (tertiary/aromatic N) is 1. The van der Waals surface area contributed by atoms with Gasteiger partial charge in [-0.05, 0) is 47.4 Å². The molecule has 0 unspecified atom stereocenters. The van der Waals surface area contributed by atoms with Gasteiger partial charge in [-0.3, -0.25) is 10.1 Å². The maximum Gasteiger partial charge on any atom is 0.417 e. The van der Waals surface area contributed by atoms with Crippen LogP contribution in [0.15, 0.2) is 36.4 Å². The number of hydrogen-bond acceptors (Lipinski definition) is 3. The van der Waals surface area contributed by atoms with Crippen LogP contribution < -0.4 is 0 Å². The number of benzene rings is 2. The van der Waals surface area contributed by atoms with Crippen LogP contribution in [0.5, 0.6) is 0 Å². The number of aldehydes is 1. The number of alkyl halides is 3. The summed E-state index contributed by atoms with van der Waals surface area (Å²) in [5.41, 5.74) is -0.0509. The molecule has 0 saturated heterocycles. The lowest BCUT2D eigenvalue weighted by Gasteiger charge is -2.16. The summed E-state index contributed by atoms with van der Waals surface area (Å²) in [6.45, 7) is 1.62. The summed E-state index contributed by atoms with van der Waals surface area (Å²) in [4.78, 5) is 20.6. The summed E-state index contributed by atoms with van der Waals surface area (Å²) in [6, 6.07) is 7.18. The Morgan fingerprint density at radius 1 is 1.17 bits per heavy atom. The molecule has 2 aromatic carbocycles. The SMILES string of the molecule is Cc1cc(-c2ccc([N+](=O)[O-])cc2)c(C(F)(F)F)cc1CC=O. The molecular formula is C16H12F3NO3. The van der Waals surface area contributed by atoms with Crippen molar-refractivity contribution in [3.63, 3.8) is 0 Å². The standard InChI is InChI=1S/C16H12F3NO3/c1-10-8-14(11-2-4-13(5-3-11)20(22)23)15(16(17,18)19)9-12(10)6-7-21/h2-5,7-9H,6H2,1H3. The molecule has 120 valence electrons. The van der Waals surface area contributed by atoms with Gasteiger partial charge in [0, 0.05) is 18.6 Å². The first-order chi connectivity index (χ1) is 10.7. The van der Waals surface area contributed by atoms with Crippen molar-refractivity contribution in [3.8, 4) is 11.1 Å². The number of halogens is 3.